The zero-order chi connectivity index (χ0) is 40.3. The summed E-state index contributed by atoms with van der Waals surface area (Å²) in [7, 11) is 0. The van der Waals surface area contributed by atoms with Crippen LogP contribution >= 0.6 is 35.3 Å². The van der Waals surface area contributed by atoms with E-state index in [1.807, 2.05) is 24.3 Å². The lowest BCUT2D eigenvalue weighted by Gasteiger charge is -2.27. The fraction of sp³-hybridized carbons (Fsp3) is 0.239. The molecule has 2 aliphatic heterocycles. The van der Waals surface area contributed by atoms with E-state index >= 15 is 0 Å². The van der Waals surface area contributed by atoms with Crippen LogP contribution in [0, 0.1) is 0 Å². The number of thiocarbonyl (C=S) groups is 1. The minimum absolute atomic E-state index is 0.0408. The third-order valence-electron chi connectivity index (χ3n) is 11.0. The van der Waals surface area contributed by atoms with Crippen molar-refractivity contribution in [2.24, 2.45) is 0 Å². The summed E-state index contributed by atoms with van der Waals surface area (Å²) in [5, 5.41) is 18.4. The topological polar surface area (TPSA) is 120 Å². The SMILES string of the molecule is O=C(O)CCCCCn1c(=O)/c(=C/c2ccc3c(c2)C2CCCC2N3c2ccc(C=C(c3ccccc3)c3ccccc3)cc2)s/c1=C1/SC(=S)N(CC(=O)O)C1=O. The lowest BCUT2D eigenvalue weighted by molar-refractivity contribution is -0.140. The number of aliphatic carboxylic acids is 2. The van der Waals surface area contributed by atoms with Crippen LogP contribution in [-0.2, 0) is 20.9 Å². The van der Waals surface area contributed by atoms with E-state index in [0.717, 1.165) is 69.4 Å². The van der Waals surface area contributed by atoms with Crippen LogP contribution in [0.2, 0.25) is 0 Å². The second kappa shape index (κ2) is 17.1. The number of aromatic nitrogens is 1. The lowest BCUT2D eigenvalue weighted by atomic mass is 9.95. The van der Waals surface area contributed by atoms with Gasteiger partial charge in [0.15, 0.2) is 0 Å². The fourth-order valence-corrected chi connectivity index (χ4v) is 10.9. The Morgan fingerprint density at radius 3 is 2.17 bits per heavy atom. The van der Waals surface area contributed by atoms with Crippen LogP contribution in [0.4, 0.5) is 11.4 Å². The number of nitrogens with zero attached hydrogens (tertiary/aromatic N) is 3. The van der Waals surface area contributed by atoms with Crippen molar-refractivity contribution in [3.8, 4) is 0 Å². The van der Waals surface area contributed by atoms with Gasteiger partial charge in [0.2, 0.25) is 0 Å². The highest BCUT2D eigenvalue weighted by molar-refractivity contribution is 8.30. The quantitative estimate of drug-likeness (QED) is 0.0696. The Morgan fingerprint density at radius 2 is 1.50 bits per heavy atom. The van der Waals surface area contributed by atoms with Gasteiger partial charge in [-0.15, -0.1) is 11.3 Å². The molecule has 1 aromatic heterocycles. The summed E-state index contributed by atoms with van der Waals surface area (Å²) in [5.74, 6) is -2.23. The highest BCUT2D eigenvalue weighted by atomic mass is 32.2. The van der Waals surface area contributed by atoms with Crippen LogP contribution in [0.25, 0.3) is 22.6 Å². The van der Waals surface area contributed by atoms with Crippen LogP contribution in [0.5, 0.6) is 0 Å². The molecule has 9 nitrogen and oxygen atoms in total. The van der Waals surface area contributed by atoms with Gasteiger partial charge in [-0.25, -0.2) is 0 Å². The largest absolute Gasteiger partial charge is 0.481 e. The number of carboxylic acid groups (broad SMARTS) is 2. The summed E-state index contributed by atoms with van der Waals surface area (Å²) in [6.45, 7) is -0.268. The Bertz CT molecular complexity index is 2580. The van der Waals surface area contributed by atoms with Crippen molar-refractivity contribution in [3.63, 3.8) is 0 Å². The van der Waals surface area contributed by atoms with Crippen LogP contribution in [0.15, 0.2) is 108 Å². The maximum Gasteiger partial charge on any atom is 0.323 e. The minimum atomic E-state index is -1.18. The first kappa shape index (κ1) is 39.3. The van der Waals surface area contributed by atoms with E-state index in [1.165, 1.54) is 22.6 Å². The normalized spacial score (nSPS) is 18.4. The Kier molecular flexibility index (Phi) is 11.6. The maximum absolute atomic E-state index is 14.0. The van der Waals surface area contributed by atoms with E-state index in [1.54, 1.807) is 4.57 Å². The Morgan fingerprint density at radius 1 is 0.810 bits per heavy atom. The molecule has 2 unspecified atom stereocenters. The van der Waals surface area contributed by atoms with Crippen LogP contribution < -0.4 is 19.7 Å². The van der Waals surface area contributed by atoms with Gasteiger partial charge in [-0.2, -0.15) is 0 Å². The molecule has 5 aromatic rings. The van der Waals surface area contributed by atoms with Gasteiger partial charge in [0.05, 0.1) is 4.53 Å². The Hall–Kier alpha value is -5.56. The number of amides is 1. The second-order valence-electron chi connectivity index (χ2n) is 14.7. The molecule has 1 saturated carbocycles. The zero-order valence-corrected chi connectivity index (χ0v) is 34.0. The number of hydrogen-bond acceptors (Lipinski definition) is 8. The molecule has 1 aliphatic carbocycles. The zero-order valence-electron chi connectivity index (χ0n) is 31.6. The third kappa shape index (κ3) is 8.09. The first-order chi connectivity index (χ1) is 28.2. The summed E-state index contributed by atoms with van der Waals surface area (Å²) in [4.78, 5) is 53.8. The van der Waals surface area contributed by atoms with Gasteiger partial charge in [-0.1, -0.05) is 116 Å². The van der Waals surface area contributed by atoms with Crippen molar-refractivity contribution in [3.05, 3.63) is 150 Å². The average molecular weight is 828 g/mol. The van der Waals surface area contributed by atoms with E-state index in [-0.39, 0.29) is 21.2 Å². The highest BCUT2D eigenvalue weighted by Gasteiger charge is 2.42. The molecule has 294 valence electrons. The fourth-order valence-electron chi connectivity index (χ4n) is 8.33. The van der Waals surface area contributed by atoms with Gasteiger partial charge in [-0.05, 0) is 95.5 Å². The number of unbranched alkanes of at least 4 members (excludes halogenated alkanes) is 2. The van der Waals surface area contributed by atoms with Gasteiger partial charge in [0.1, 0.15) is 20.4 Å². The average Bonchev–Trinajstić information content (AvgIpc) is 3.97. The summed E-state index contributed by atoms with van der Waals surface area (Å²) in [6, 6.07) is 36.4. The number of rotatable bonds is 13. The molecule has 2 atom stereocenters. The molecule has 3 aliphatic rings. The van der Waals surface area contributed by atoms with Gasteiger partial charge in [0.25, 0.3) is 11.5 Å². The number of thiazole rings is 1. The van der Waals surface area contributed by atoms with Crippen molar-refractivity contribution in [2.75, 3.05) is 11.4 Å². The molecule has 4 aromatic carbocycles. The summed E-state index contributed by atoms with van der Waals surface area (Å²) < 4.78 is 2.58. The maximum atomic E-state index is 14.0. The molecule has 0 spiro atoms. The van der Waals surface area contributed by atoms with E-state index in [9.17, 15) is 24.3 Å². The molecule has 2 N–H and O–H groups in total. The molecule has 58 heavy (non-hydrogen) atoms. The third-order valence-corrected chi connectivity index (χ3v) is 13.7. The van der Waals surface area contributed by atoms with Gasteiger partial charge < -0.3 is 15.1 Å². The number of carbonyl (C=O) groups is 3. The standard InChI is InChI=1S/C46H41N3O6S3/c50-40(51)17-8-3-9-24-47-43(54)39(57-45(47)42-44(55)48(28-41(52)53)46(56)58-42)27-30-20-23-38-36(26-30)34-15-10-16-37(34)49(38)33-21-18-29(19-22-33)25-35(31-11-4-1-5-12-31)32-13-6-2-7-14-32/h1-2,4-7,11-14,18-23,25-27,34,37H,3,8-10,15-17,24,28H2,(H,50,51)(H,52,53)/b39-27-,45-42+. The number of anilines is 2. The molecule has 1 amide bonds. The van der Waals surface area contributed by atoms with Crippen LogP contribution in [-0.4, -0.2) is 54.4 Å². The molecule has 0 radical (unpaired) electrons. The molecule has 1 saturated heterocycles. The smallest absolute Gasteiger partial charge is 0.323 e. The molecule has 3 heterocycles. The van der Waals surface area contributed by atoms with Crippen molar-refractivity contribution in [1.29, 1.82) is 0 Å². The monoisotopic (exact) mass is 827 g/mol. The van der Waals surface area contributed by atoms with E-state index < -0.39 is 24.4 Å². The van der Waals surface area contributed by atoms with E-state index in [0.29, 0.717) is 47.0 Å². The number of benzene rings is 4. The summed E-state index contributed by atoms with van der Waals surface area (Å²) in [6.07, 6.45) is 9.08. The number of fused-ring (bicyclic) bond motifs is 3. The molecular weight excluding hydrogens is 787 g/mol. The molecule has 0 bridgehead atoms. The number of hydrogen-bond donors (Lipinski definition) is 2. The van der Waals surface area contributed by atoms with Crippen molar-refractivity contribution >= 4 is 91.5 Å². The predicted molar refractivity (Wildman–Crippen MR) is 236 cm³/mol. The Balaban J connectivity index is 1.12. The lowest BCUT2D eigenvalue weighted by Crippen LogP contribution is -2.35. The van der Waals surface area contributed by atoms with Crippen molar-refractivity contribution < 1.29 is 24.6 Å². The molecule has 12 heteroatoms. The Labute approximate surface area is 349 Å². The summed E-state index contributed by atoms with van der Waals surface area (Å²) in [5.41, 5.74) is 8.82. The van der Waals surface area contributed by atoms with E-state index in [4.69, 9.17) is 17.3 Å². The second-order valence-corrected chi connectivity index (χ2v) is 17.4. The van der Waals surface area contributed by atoms with Crippen molar-refractivity contribution in [2.45, 2.75) is 63.5 Å². The molecule has 2 fully saturated rings. The first-order valence-corrected chi connectivity index (χ1v) is 21.5. The molecule has 8 rings (SSSR count). The predicted octanol–water partition coefficient (Wildman–Crippen LogP) is 7.81. The van der Waals surface area contributed by atoms with Crippen LogP contribution in [0.3, 0.4) is 0 Å². The number of thioether (sulfide) groups is 1. The minimum Gasteiger partial charge on any atom is -0.481 e. The van der Waals surface area contributed by atoms with Crippen LogP contribution in [0.1, 0.15) is 78.7 Å². The highest BCUT2D eigenvalue weighted by Crippen LogP contribution is 2.52. The van der Waals surface area contributed by atoms with Crippen molar-refractivity contribution in [1.82, 2.24) is 9.47 Å². The number of carbonyl (C=O) groups excluding carboxylic acids is 1. The summed E-state index contributed by atoms with van der Waals surface area (Å²) >= 11 is 7.57. The van der Waals surface area contributed by atoms with Gasteiger partial charge in [-0.3, -0.25) is 28.6 Å². The number of carboxylic acids is 2. The molecular formula is C46H41N3O6S3. The van der Waals surface area contributed by atoms with Gasteiger partial charge >= 0.3 is 11.9 Å². The van der Waals surface area contributed by atoms with E-state index in [2.05, 4.69) is 95.9 Å². The van der Waals surface area contributed by atoms with Gasteiger partial charge in [0, 0.05) is 36.3 Å². The first-order valence-electron chi connectivity index (χ1n) is 19.4.